The van der Waals surface area contributed by atoms with Crippen LogP contribution < -0.4 is 16.2 Å². The lowest BCUT2D eigenvalue weighted by Crippen LogP contribution is -2.38. The summed E-state index contributed by atoms with van der Waals surface area (Å²) in [5.41, 5.74) is 5.23. The number of amides is 1. The summed E-state index contributed by atoms with van der Waals surface area (Å²) in [4.78, 5) is 30.5. The van der Waals surface area contributed by atoms with Crippen molar-refractivity contribution in [3.8, 4) is 18.0 Å². The number of morpholine rings is 1. The summed E-state index contributed by atoms with van der Waals surface area (Å²) in [7, 11) is 0. The number of rotatable bonds is 4. The van der Waals surface area contributed by atoms with E-state index >= 15 is 0 Å². The van der Waals surface area contributed by atoms with Crippen LogP contribution in [0.5, 0.6) is 0 Å². The second-order valence-electron chi connectivity index (χ2n) is 5.76. The summed E-state index contributed by atoms with van der Waals surface area (Å²) in [6.45, 7) is 2.23. The molecule has 1 aromatic heterocycles. The zero-order chi connectivity index (χ0) is 18.7. The van der Waals surface area contributed by atoms with Crippen molar-refractivity contribution in [2.45, 2.75) is 6.42 Å². The van der Waals surface area contributed by atoms with Gasteiger partial charge in [0, 0.05) is 19.2 Å². The maximum atomic E-state index is 13.7. The van der Waals surface area contributed by atoms with Gasteiger partial charge in [-0.25, -0.2) is 9.37 Å². The quantitative estimate of drug-likeness (QED) is 0.792. The Hall–Kier alpha value is -3.18. The van der Waals surface area contributed by atoms with E-state index < -0.39 is 17.3 Å². The minimum absolute atomic E-state index is 0.0108. The maximum absolute atomic E-state index is 13.7. The summed E-state index contributed by atoms with van der Waals surface area (Å²) in [6, 6.07) is 5.30. The van der Waals surface area contributed by atoms with Crippen LogP contribution in [0.3, 0.4) is 0 Å². The molecule has 2 N–H and O–H groups in total. The van der Waals surface area contributed by atoms with Crippen LogP contribution in [0.1, 0.15) is 11.4 Å². The number of hydrogen-bond acceptors (Lipinski definition) is 5. The molecule has 2 heterocycles. The Morgan fingerprint density at radius 1 is 1.35 bits per heavy atom. The van der Waals surface area contributed by atoms with Gasteiger partial charge in [0.2, 0.25) is 5.91 Å². The van der Waals surface area contributed by atoms with Crippen molar-refractivity contribution in [3.63, 3.8) is 0 Å². The molecule has 0 saturated carbocycles. The van der Waals surface area contributed by atoms with E-state index in [1.807, 2.05) is 4.90 Å². The van der Waals surface area contributed by atoms with Crippen molar-refractivity contribution >= 4 is 11.7 Å². The number of anilines is 1. The van der Waals surface area contributed by atoms with E-state index in [1.165, 1.54) is 28.8 Å². The molecule has 0 aliphatic carbocycles. The lowest BCUT2D eigenvalue weighted by molar-refractivity contribution is -0.117. The predicted molar refractivity (Wildman–Crippen MR) is 93.7 cm³/mol. The fourth-order valence-corrected chi connectivity index (χ4v) is 2.78. The van der Waals surface area contributed by atoms with Crippen LogP contribution in [0.2, 0.25) is 0 Å². The van der Waals surface area contributed by atoms with Crippen LogP contribution in [0.25, 0.3) is 5.69 Å². The topological polar surface area (TPSA) is 90.4 Å². The number of ether oxygens (including phenoxy) is 1. The van der Waals surface area contributed by atoms with Gasteiger partial charge >= 0.3 is 0 Å². The fraction of sp³-hybridized carbons (Fsp3) is 0.278. The summed E-state index contributed by atoms with van der Waals surface area (Å²) in [6.07, 6.45) is 5.05. The molecule has 1 aliphatic heterocycles. The van der Waals surface area contributed by atoms with E-state index in [1.54, 1.807) is 0 Å². The number of hydrogen-bond donors (Lipinski definition) is 1. The van der Waals surface area contributed by atoms with E-state index in [0.29, 0.717) is 37.8 Å². The largest absolute Gasteiger partial charge is 0.378 e. The molecule has 26 heavy (non-hydrogen) atoms. The first-order valence-corrected chi connectivity index (χ1v) is 8.00. The molecule has 8 heteroatoms. The molecule has 2 aromatic rings. The molecule has 1 saturated heterocycles. The monoisotopic (exact) mass is 356 g/mol. The van der Waals surface area contributed by atoms with Gasteiger partial charge in [-0.15, -0.1) is 6.42 Å². The van der Waals surface area contributed by atoms with Crippen LogP contribution in [0.15, 0.2) is 29.1 Å². The predicted octanol–water partition coefficient (Wildman–Crippen LogP) is 0.217. The Morgan fingerprint density at radius 3 is 2.73 bits per heavy atom. The smallest absolute Gasteiger partial charge is 0.260 e. The number of carbonyl (C=O) groups excluding carboxylic acids is 1. The molecular weight excluding hydrogens is 339 g/mol. The highest BCUT2D eigenvalue weighted by Gasteiger charge is 2.18. The van der Waals surface area contributed by atoms with Gasteiger partial charge < -0.3 is 15.4 Å². The minimum Gasteiger partial charge on any atom is -0.378 e. The Morgan fingerprint density at radius 2 is 2.08 bits per heavy atom. The Kier molecular flexibility index (Phi) is 5.00. The van der Waals surface area contributed by atoms with Crippen molar-refractivity contribution in [3.05, 3.63) is 51.8 Å². The number of terminal acetylenes is 1. The van der Waals surface area contributed by atoms with Gasteiger partial charge in [-0.05, 0) is 18.2 Å². The highest BCUT2D eigenvalue weighted by atomic mass is 19.1. The number of aromatic nitrogens is 2. The van der Waals surface area contributed by atoms with Gasteiger partial charge in [0.05, 0.1) is 30.9 Å². The van der Waals surface area contributed by atoms with Crippen molar-refractivity contribution in [2.75, 3.05) is 31.2 Å². The lowest BCUT2D eigenvalue weighted by Gasteiger charge is -2.28. The number of carbonyl (C=O) groups is 1. The number of halogens is 1. The zero-order valence-corrected chi connectivity index (χ0v) is 13.9. The average molecular weight is 356 g/mol. The summed E-state index contributed by atoms with van der Waals surface area (Å²) < 4.78 is 20.2. The first kappa shape index (κ1) is 17.6. The normalized spacial score (nSPS) is 14.1. The Balaban J connectivity index is 2.13. The first-order valence-electron chi connectivity index (χ1n) is 8.00. The molecule has 1 amide bonds. The van der Waals surface area contributed by atoms with Gasteiger partial charge in [0.25, 0.3) is 5.56 Å². The standard InChI is InChI=1S/C18H17FN4O3/c1-2-12-9-13(3-4-14(12)19)23-17(10-15(20)24)21-16(11-18(23)25)22-5-7-26-8-6-22/h1,3-4,9,11H,5-8,10H2,(H2,20,24). The fourth-order valence-electron chi connectivity index (χ4n) is 2.78. The molecule has 1 aliphatic rings. The second-order valence-corrected chi connectivity index (χ2v) is 5.76. The van der Waals surface area contributed by atoms with Crippen molar-refractivity contribution < 1.29 is 13.9 Å². The molecule has 0 atom stereocenters. The zero-order valence-electron chi connectivity index (χ0n) is 13.9. The van der Waals surface area contributed by atoms with Crippen LogP contribution in [0.4, 0.5) is 10.2 Å². The van der Waals surface area contributed by atoms with Crippen LogP contribution in [0, 0.1) is 18.2 Å². The molecule has 134 valence electrons. The SMILES string of the molecule is C#Cc1cc(-n2c(CC(N)=O)nc(N3CCOCC3)cc2=O)ccc1F. The van der Waals surface area contributed by atoms with E-state index in [-0.39, 0.29) is 17.8 Å². The molecule has 7 nitrogen and oxygen atoms in total. The molecule has 0 radical (unpaired) electrons. The van der Waals surface area contributed by atoms with E-state index in [9.17, 15) is 14.0 Å². The molecule has 0 unspecified atom stereocenters. The van der Waals surface area contributed by atoms with Gasteiger partial charge in [0.15, 0.2) is 0 Å². The van der Waals surface area contributed by atoms with Crippen LogP contribution >= 0.6 is 0 Å². The molecule has 3 rings (SSSR count). The lowest BCUT2D eigenvalue weighted by atomic mass is 10.2. The molecular formula is C18H17FN4O3. The van der Waals surface area contributed by atoms with Crippen molar-refractivity contribution in [1.29, 1.82) is 0 Å². The third-order valence-corrected chi connectivity index (χ3v) is 4.01. The van der Waals surface area contributed by atoms with E-state index in [0.717, 1.165) is 0 Å². The third-order valence-electron chi connectivity index (χ3n) is 4.01. The van der Waals surface area contributed by atoms with Gasteiger partial charge in [-0.3, -0.25) is 14.2 Å². The highest BCUT2D eigenvalue weighted by Crippen LogP contribution is 2.17. The van der Waals surface area contributed by atoms with Crippen molar-refractivity contribution in [1.82, 2.24) is 9.55 Å². The van der Waals surface area contributed by atoms with Gasteiger partial charge in [0.1, 0.15) is 17.5 Å². The van der Waals surface area contributed by atoms with E-state index in [4.69, 9.17) is 16.9 Å². The first-order chi connectivity index (χ1) is 12.5. The molecule has 1 aromatic carbocycles. The highest BCUT2D eigenvalue weighted by molar-refractivity contribution is 5.76. The number of primary amides is 1. The summed E-state index contributed by atoms with van der Waals surface area (Å²) in [5, 5.41) is 0. The second kappa shape index (κ2) is 7.37. The molecule has 0 spiro atoms. The van der Waals surface area contributed by atoms with Crippen LogP contribution in [-0.2, 0) is 16.0 Å². The Labute approximate surface area is 149 Å². The summed E-state index contributed by atoms with van der Waals surface area (Å²) >= 11 is 0. The number of benzene rings is 1. The molecule has 0 bridgehead atoms. The van der Waals surface area contributed by atoms with Gasteiger partial charge in [-0.2, -0.15) is 0 Å². The van der Waals surface area contributed by atoms with Crippen LogP contribution in [-0.4, -0.2) is 41.8 Å². The van der Waals surface area contributed by atoms with E-state index in [2.05, 4.69) is 10.9 Å². The van der Waals surface area contributed by atoms with Gasteiger partial charge in [-0.1, -0.05) is 5.92 Å². The maximum Gasteiger partial charge on any atom is 0.260 e. The Bertz CT molecular complexity index is 942. The summed E-state index contributed by atoms with van der Waals surface area (Å²) in [5.74, 6) is 1.63. The van der Waals surface area contributed by atoms with Crippen molar-refractivity contribution in [2.24, 2.45) is 5.73 Å². The number of nitrogens with two attached hydrogens (primary N) is 1. The number of nitrogens with zero attached hydrogens (tertiary/aromatic N) is 3. The molecule has 1 fully saturated rings. The minimum atomic E-state index is -0.635. The third kappa shape index (κ3) is 3.58. The average Bonchev–Trinajstić information content (AvgIpc) is 2.62.